The molecule has 0 aliphatic carbocycles. The zero-order valence-electron chi connectivity index (χ0n) is 9.68. The van der Waals surface area contributed by atoms with Crippen molar-refractivity contribution < 1.29 is 5.11 Å². The minimum atomic E-state index is -0.495. The number of aromatic nitrogens is 1. The second-order valence-electron chi connectivity index (χ2n) is 4.16. The second-order valence-corrected chi connectivity index (χ2v) is 5.00. The lowest BCUT2D eigenvalue weighted by Crippen LogP contribution is -2.14. The van der Waals surface area contributed by atoms with Crippen LogP contribution in [0, 0.1) is 0 Å². The fourth-order valence-corrected chi connectivity index (χ4v) is 2.21. The molecule has 0 saturated carbocycles. The molecular formula is C14H13Cl2NO. The highest BCUT2D eigenvalue weighted by atomic mass is 35.5. The maximum atomic E-state index is 10.0. The number of aliphatic hydroxyl groups is 1. The summed E-state index contributed by atoms with van der Waals surface area (Å²) in [6, 6.07) is 9.07. The van der Waals surface area contributed by atoms with Gasteiger partial charge in [-0.25, -0.2) is 0 Å². The Morgan fingerprint density at radius 3 is 2.72 bits per heavy atom. The summed E-state index contributed by atoms with van der Waals surface area (Å²) in [6.45, 7) is 0. The van der Waals surface area contributed by atoms with Crippen molar-refractivity contribution in [2.75, 3.05) is 0 Å². The molecule has 0 aliphatic heterocycles. The maximum Gasteiger partial charge on any atom is 0.0621 e. The van der Waals surface area contributed by atoms with Gasteiger partial charge in [0.15, 0.2) is 0 Å². The van der Waals surface area contributed by atoms with Crippen LogP contribution in [-0.4, -0.2) is 16.2 Å². The van der Waals surface area contributed by atoms with Crippen LogP contribution in [0.15, 0.2) is 42.7 Å². The van der Waals surface area contributed by atoms with Crippen molar-refractivity contribution >= 4 is 23.2 Å². The number of hydrogen-bond acceptors (Lipinski definition) is 2. The third-order valence-electron chi connectivity index (χ3n) is 2.66. The number of halogens is 2. The molecule has 0 spiro atoms. The van der Waals surface area contributed by atoms with Crippen LogP contribution < -0.4 is 0 Å². The molecule has 0 radical (unpaired) electrons. The molecular weight excluding hydrogens is 269 g/mol. The van der Waals surface area contributed by atoms with Crippen LogP contribution in [-0.2, 0) is 12.8 Å². The smallest absolute Gasteiger partial charge is 0.0621 e. The van der Waals surface area contributed by atoms with Crippen LogP contribution in [0.3, 0.4) is 0 Å². The molecule has 0 saturated heterocycles. The molecule has 1 heterocycles. The molecule has 1 aromatic heterocycles. The maximum absolute atomic E-state index is 10.0. The van der Waals surface area contributed by atoms with Gasteiger partial charge in [-0.1, -0.05) is 29.3 Å². The molecule has 2 rings (SSSR count). The van der Waals surface area contributed by atoms with Gasteiger partial charge in [-0.3, -0.25) is 4.98 Å². The SMILES string of the molecule is OC(Cc1cccnc1)Cc1cc(Cl)ccc1Cl. The van der Waals surface area contributed by atoms with Crippen LogP contribution in [0.25, 0.3) is 0 Å². The molecule has 0 fully saturated rings. The van der Waals surface area contributed by atoms with Gasteiger partial charge in [0.1, 0.15) is 0 Å². The Balaban J connectivity index is 2.03. The first-order valence-electron chi connectivity index (χ1n) is 5.66. The topological polar surface area (TPSA) is 33.1 Å². The Labute approximate surface area is 116 Å². The van der Waals surface area contributed by atoms with Gasteiger partial charge in [-0.05, 0) is 35.4 Å². The average Bonchev–Trinajstić information content (AvgIpc) is 2.35. The molecule has 0 amide bonds. The summed E-state index contributed by atoms with van der Waals surface area (Å²) in [7, 11) is 0. The number of rotatable bonds is 4. The van der Waals surface area contributed by atoms with Gasteiger partial charge in [0.05, 0.1) is 6.10 Å². The van der Waals surface area contributed by atoms with Crippen LogP contribution in [0.1, 0.15) is 11.1 Å². The molecule has 94 valence electrons. The monoisotopic (exact) mass is 281 g/mol. The predicted octanol–water partition coefficient (Wildman–Crippen LogP) is 3.53. The van der Waals surface area contributed by atoms with Gasteiger partial charge in [0.25, 0.3) is 0 Å². The summed E-state index contributed by atoms with van der Waals surface area (Å²) in [5.41, 5.74) is 1.86. The van der Waals surface area contributed by atoms with E-state index < -0.39 is 6.10 Å². The fraction of sp³-hybridized carbons (Fsp3) is 0.214. The molecule has 1 unspecified atom stereocenters. The van der Waals surface area contributed by atoms with Crippen molar-refractivity contribution in [2.24, 2.45) is 0 Å². The summed E-state index contributed by atoms with van der Waals surface area (Å²) in [4.78, 5) is 4.02. The van der Waals surface area contributed by atoms with Gasteiger partial charge in [0.2, 0.25) is 0 Å². The number of pyridine rings is 1. The highest BCUT2D eigenvalue weighted by Gasteiger charge is 2.10. The lowest BCUT2D eigenvalue weighted by molar-refractivity contribution is 0.175. The number of hydrogen-bond donors (Lipinski definition) is 1. The quantitative estimate of drug-likeness (QED) is 0.930. The Bertz CT molecular complexity index is 516. The highest BCUT2D eigenvalue weighted by Crippen LogP contribution is 2.22. The number of nitrogens with zero attached hydrogens (tertiary/aromatic N) is 1. The third-order valence-corrected chi connectivity index (χ3v) is 3.26. The normalized spacial score (nSPS) is 12.4. The molecule has 2 nitrogen and oxygen atoms in total. The van der Waals surface area contributed by atoms with E-state index in [-0.39, 0.29) is 0 Å². The van der Waals surface area contributed by atoms with Crippen LogP contribution in [0.2, 0.25) is 10.0 Å². The van der Waals surface area contributed by atoms with E-state index in [1.165, 1.54) is 0 Å². The summed E-state index contributed by atoms with van der Waals surface area (Å²) in [6.07, 6.45) is 4.00. The summed E-state index contributed by atoms with van der Waals surface area (Å²) < 4.78 is 0. The van der Waals surface area contributed by atoms with Crippen LogP contribution in [0.5, 0.6) is 0 Å². The zero-order valence-corrected chi connectivity index (χ0v) is 11.2. The van der Waals surface area contributed by atoms with E-state index in [0.29, 0.717) is 22.9 Å². The highest BCUT2D eigenvalue weighted by molar-refractivity contribution is 6.33. The molecule has 0 bridgehead atoms. The van der Waals surface area contributed by atoms with Crippen molar-refractivity contribution in [1.82, 2.24) is 4.98 Å². The lowest BCUT2D eigenvalue weighted by Gasteiger charge is -2.12. The Morgan fingerprint density at radius 1 is 1.17 bits per heavy atom. The largest absolute Gasteiger partial charge is 0.392 e. The predicted molar refractivity (Wildman–Crippen MR) is 74.1 cm³/mol. The zero-order chi connectivity index (χ0) is 13.0. The molecule has 1 N–H and O–H groups in total. The van der Waals surface area contributed by atoms with E-state index in [0.717, 1.165) is 11.1 Å². The molecule has 0 aliphatic rings. The Morgan fingerprint density at radius 2 is 2.00 bits per heavy atom. The van der Waals surface area contributed by atoms with Gasteiger partial charge in [0, 0.05) is 35.3 Å². The van der Waals surface area contributed by atoms with Crippen LogP contribution in [0.4, 0.5) is 0 Å². The average molecular weight is 282 g/mol. The molecule has 4 heteroatoms. The standard InChI is InChI=1S/C14H13Cl2NO/c15-12-3-4-14(16)11(7-12)8-13(18)6-10-2-1-5-17-9-10/h1-5,7,9,13,18H,6,8H2. The third kappa shape index (κ3) is 3.70. The second kappa shape index (κ2) is 6.19. The Hall–Kier alpha value is -1.09. The summed E-state index contributed by atoms with van der Waals surface area (Å²) >= 11 is 12.0. The van der Waals surface area contributed by atoms with Gasteiger partial charge < -0.3 is 5.11 Å². The molecule has 2 aromatic rings. The summed E-state index contributed by atoms with van der Waals surface area (Å²) in [5, 5.41) is 11.3. The molecule has 18 heavy (non-hydrogen) atoms. The molecule has 1 aromatic carbocycles. The number of aliphatic hydroxyl groups excluding tert-OH is 1. The van der Waals surface area contributed by atoms with E-state index in [9.17, 15) is 5.11 Å². The minimum Gasteiger partial charge on any atom is -0.392 e. The lowest BCUT2D eigenvalue weighted by atomic mass is 10.0. The van der Waals surface area contributed by atoms with E-state index >= 15 is 0 Å². The summed E-state index contributed by atoms with van der Waals surface area (Å²) in [5.74, 6) is 0. The van der Waals surface area contributed by atoms with Crippen molar-refractivity contribution in [2.45, 2.75) is 18.9 Å². The number of benzene rings is 1. The van der Waals surface area contributed by atoms with E-state index in [2.05, 4.69) is 4.98 Å². The first kappa shape index (κ1) is 13.3. The fourth-order valence-electron chi connectivity index (χ4n) is 1.82. The van der Waals surface area contributed by atoms with Gasteiger partial charge >= 0.3 is 0 Å². The molecule has 1 atom stereocenters. The van der Waals surface area contributed by atoms with Gasteiger partial charge in [-0.2, -0.15) is 0 Å². The first-order chi connectivity index (χ1) is 8.65. The van der Waals surface area contributed by atoms with Crippen molar-refractivity contribution in [3.63, 3.8) is 0 Å². The van der Waals surface area contributed by atoms with Crippen molar-refractivity contribution in [3.8, 4) is 0 Å². The van der Waals surface area contributed by atoms with E-state index in [1.807, 2.05) is 12.1 Å². The minimum absolute atomic E-state index is 0.480. The van der Waals surface area contributed by atoms with Crippen molar-refractivity contribution in [3.05, 3.63) is 63.9 Å². The van der Waals surface area contributed by atoms with Crippen LogP contribution >= 0.6 is 23.2 Å². The van der Waals surface area contributed by atoms with Crippen molar-refractivity contribution in [1.29, 1.82) is 0 Å². The van der Waals surface area contributed by atoms with Gasteiger partial charge in [-0.15, -0.1) is 0 Å². The van der Waals surface area contributed by atoms with E-state index in [4.69, 9.17) is 23.2 Å². The first-order valence-corrected chi connectivity index (χ1v) is 6.41. The Kier molecular flexibility index (Phi) is 4.59. The van der Waals surface area contributed by atoms with E-state index in [1.54, 1.807) is 30.6 Å².